The zero-order valence-electron chi connectivity index (χ0n) is 14.9. The summed E-state index contributed by atoms with van der Waals surface area (Å²) >= 11 is 0. The van der Waals surface area contributed by atoms with Crippen molar-refractivity contribution in [3.05, 3.63) is 29.6 Å². The molecule has 0 aromatic carbocycles. The molecule has 6 nitrogen and oxygen atoms in total. The second-order valence-corrected chi connectivity index (χ2v) is 7.12. The smallest absolute Gasteiger partial charge is 0.262 e. The van der Waals surface area contributed by atoms with Gasteiger partial charge in [0.2, 0.25) is 5.91 Å². The van der Waals surface area contributed by atoms with Crippen LogP contribution in [0.4, 0.5) is 8.78 Å². The Labute approximate surface area is 169 Å². The number of aromatic nitrogens is 2. The highest BCUT2D eigenvalue weighted by Gasteiger charge is 2.43. The van der Waals surface area contributed by atoms with Crippen molar-refractivity contribution >= 4 is 30.7 Å². The molecule has 27 heavy (non-hydrogen) atoms. The first-order valence-electron chi connectivity index (χ1n) is 8.83. The van der Waals surface area contributed by atoms with Gasteiger partial charge in [0.15, 0.2) is 0 Å². The van der Waals surface area contributed by atoms with Crippen LogP contribution in [-0.4, -0.2) is 63.6 Å². The third-order valence-electron chi connectivity index (χ3n) is 5.06. The average molecular weight is 424 g/mol. The standard InChI is InChI=1S/C17H23F2N5O.2ClH/c18-17(19)9-15(20-12-17)16(25)23-6-3-7-24-14(11-23)8-13(21-24)10-22-4-1-2-5-22;;/h1-2,8,15,20H,3-7,9-12H2;2*1H/t15-;;/m0../s1. The minimum absolute atomic E-state index is 0. The van der Waals surface area contributed by atoms with Crippen molar-refractivity contribution in [2.24, 2.45) is 0 Å². The Balaban J connectivity index is 0.00000131. The van der Waals surface area contributed by atoms with Gasteiger partial charge in [0, 0.05) is 39.1 Å². The first-order valence-corrected chi connectivity index (χ1v) is 8.83. The molecular weight excluding hydrogens is 399 g/mol. The monoisotopic (exact) mass is 423 g/mol. The summed E-state index contributed by atoms with van der Waals surface area (Å²) in [5.74, 6) is -3.01. The molecule has 1 aromatic rings. The highest BCUT2D eigenvalue weighted by molar-refractivity contribution is 5.85. The number of nitrogens with zero attached hydrogens (tertiary/aromatic N) is 4. The first kappa shape index (κ1) is 22.1. The van der Waals surface area contributed by atoms with Crippen molar-refractivity contribution in [1.82, 2.24) is 24.9 Å². The summed E-state index contributed by atoms with van der Waals surface area (Å²) in [6.07, 6.45) is 4.67. The number of aryl methyl sites for hydroxylation is 1. The van der Waals surface area contributed by atoms with Gasteiger partial charge in [-0.1, -0.05) is 12.2 Å². The van der Waals surface area contributed by atoms with Crippen molar-refractivity contribution < 1.29 is 13.6 Å². The highest BCUT2D eigenvalue weighted by Crippen LogP contribution is 2.27. The molecule has 1 amide bonds. The molecule has 1 saturated heterocycles. The van der Waals surface area contributed by atoms with Gasteiger partial charge < -0.3 is 4.90 Å². The maximum Gasteiger partial charge on any atom is 0.262 e. The minimum Gasteiger partial charge on any atom is -0.335 e. The molecule has 3 aliphatic rings. The van der Waals surface area contributed by atoms with Crippen LogP contribution in [0.1, 0.15) is 24.2 Å². The summed E-state index contributed by atoms with van der Waals surface area (Å²) in [4.78, 5) is 16.6. The molecule has 1 N–H and O–H groups in total. The second kappa shape index (κ2) is 8.86. The number of carbonyl (C=O) groups is 1. The molecule has 4 heterocycles. The molecule has 1 atom stereocenters. The van der Waals surface area contributed by atoms with Gasteiger partial charge >= 0.3 is 0 Å². The Hall–Kier alpha value is -1.22. The molecule has 4 rings (SSSR count). The first-order chi connectivity index (χ1) is 12.0. The summed E-state index contributed by atoms with van der Waals surface area (Å²) in [6, 6.07) is 1.26. The van der Waals surface area contributed by atoms with Crippen LogP contribution >= 0.6 is 24.8 Å². The summed E-state index contributed by atoms with van der Waals surface area (Å²) < 4.78 is 28.7. The molecule has 10 heteroatoms. The SMILES string of the molecule is Cl.Cl.O=C([C@@H]1CC(F)(F)CN1)N1CCCn2nc(CN3CC=CC3)cc2C1. The molecule has 3 aliphatic heterocycles. The molecule has 0 radical (unpaired) electrons. The molecule has 1 fully saturated rings. The third-order valence-corrected chi connectivity index (χ3v) is 5.06. The van der Waals surface area contributed by atoms with Crippen LogP contribution in [0, 0.1) is 0 Å². The van der Waals surface area contributed by atoms with E-state index in [0.717, 1.165) is 44.0 Å². The summed E-state index contributed by atoms with van der Waals surface area (Å²) in [7, 11) is 0. The van der Waals surface area contributed by atoms with Gasteiger partial charge in [0.25, 0.3) is 5.92 Å². The van der Waals surface area contributed by atoms with Crippen LogP contribution < -0.4 is 5.32 Å². The quantitative estimate of drug-likeness (QED) is 0.753. The van der Waals surface area contributed by atoms with E-state index in [1.165, 1.54) is 0 Å². The molecule has 1 aromatic heterocycles. The van der Waals surface area contributed by atoms with Gasteiger partial charge in [-0.2, -0.15) is 5.10 Å². The molecule has 0 unspecified atom stereocenters. The van der Waals surface area contributed by atoms with Crippen molar-refractivity contribution in [3.63, 3.8) is 0 Å². The molecule has 152 valence electrons. The van der Waals surface area contributed by atoms with Crippen LogP contribution in [0.15, 0.2) is 18.2 Å². The van der Waals surface area contributed by atoms with E-state index >= 15 is 0 Å². The van der Waals surface area contributed by atoms with Crippen LogP contribution in [0.5, 0.6) is 0 Å². The van der Waals surface area contributed by atoms with E-state index in [1.807, 2.05) is 10.7 Å². The van der Waals surface area contributed by atoms with Crippen molar-refractivity contribution in [3.8, 4) is 0 Å². The number of hydrogen-bond acceptors (Lipinski definition) is 4. The zero-order valence-corrected chi connectivity index (χ0v) is 16.6. The van der Waals surface area contributed by atoms with Crippen LogP contribution in [0.2, 0.25) is 0 Å². The zero-order chi connectivity index (χ0) is 17.4. The Morgan fingerprint density at radius 3 is 2.67 bits per heavy atom. The van der Waals surface area contributed by atoms with E-state index in [-0.39, 0.29) is 30.7 Å². The predicted molar refractivity (Wildman–Crippen MR) is 103 cm³/mol. The van der Waals surface area contributed by atoms with Crippen molar-refractivity contribution in [1.29, 1.82) is 0 Å². The fourth-order valence-electron chi connectivity index (χ4n) is 3.78. The van der Waals surface area contributed by atoms with Crippen LogP contribution in [0.25, 0.3) is 0 Å². The molecule has 0 saturated carbocycles. The fraction of sp³-hybridized carbons (Fsp3) is 0.647. The van der Waals surface area contributed by atoms with Gasteiger partial charge in [0.05, 0.1) is 30.5 Å². The minimum atomic E-state index is -2.79. The van der Waals surface area contributed by atoms with Gasteiger partial charge in [-0.25, -0.2) is 8.78 Å². The lowest BCUT2D eigenvalue weighted by Gasteiger charge is -2.23. The third kappa shape index (κ3) is 4.99. The van der Waals surface area contributed by atoms with E-state index in [4.69, 9.17) is 0 Å². The predicted octanol–water partition coefficient (Wildman–Crippen LogP) is 1.83. The number of hydrogen-bond donors (Lipinski definition) is 1. The Morgan fingerprint density at radius 2 is 2.00 bits per heavy atom. The molecule has 0 bridgehead atoms. The number of nitrogens with one attached hydrogen (secondary N) is 1. The van der Waals surface area contributed by atoms with E-state index in [9.17, 15) is 13.6 Å². The van der Waals surface area contributed by atoms with Gasteiger partial charge in [-0.05, 0) is 12.5 Å². The number of alkyl halides is 2. The Morgan fingerprint density at radius 1 is 1.26 bits per heavy atom. The van der Waals surface area contributed by atoms with Crippen LogP contribution in [0.3, 0.4) is 0 Å². The Kier molecular flexibility index (Phi) is 7.24. The van der Waals surface area contributed by atoms with E-state index in [1.54, 1.807) is 4.90 Å². The number of fused-ring (bicyclic) bond motifs is 1. The largest absolute Gasteiger partial charge is 0.335 e. The topological polar surface area (TPSA) is 53.4 Å². The molecular formula is C17H25Cl2F2N5O. The van der Waals surface area contributed by atoms with Crippen LogP contribution in [-0.2, 0) is 24.4 Å². The lowest BCUT2D eigenvalue weighted by Crippen LogP contribution is -2.43. The number of amides is 1. The summed E-state index contributed by atoms with van der Waals surface area (Å²) in [5, 5.41) is 7.33. The Bertz CT molecular complexity index is 689. The van der Waals surface area contributed by atoms with Gasteiger partial charge in [0.1, 0.15) is 0 Å². The van der Waals surface area contributed by atoms with E-state index in [2.05, 4.69) is 27.5 Å². The second-order valence-electron chi connectivity index (χ2n) is 7.12. The highest BCUT2D eigenvalue weighted by atomic mass is 35.5. The van der Waals surface area contributed by atoms with E-state index < -0.39 is 24.9 Å². The number of halogens is 4. The summed E-state index contributed by atoms with van der Waals surface area (Å²) in [6.45, 7) is 4.03. The number of carbonyl (C=O) groups excluding carboxylic acids is 1. The maximum atomic E-state index is 13.4. The van der Waals surface area contributed by atoms with Gasteiger partial charge in [-0.3, -0.25) is 19.7 Å². The van der Waals surface area contributed by atoms with Gasteiger partial charge in [-0.15, -0.1) is 24.8 Å². The van der Waals surface area contributed by atoms with E-state index in [0.29, 0.717) is 13.1 Å². The fourth-order valence-corrected chi connectivity index (χ4v) is 3.78. The lowest BCUT2D eigenvalue weighted by molar-refractivity contribution is -0.134. The normalized spacial score (nSPS) is 24.1. The molecule has 0 spiro atoms. The average Bonchev–Trinajstić information content (AvgIpc) is 3.25. The van der Waals surface area contributed by atoms with Crippen molar-refractivity contribution in [2.75, 3.05) is 26.2 Å². The summed E-state index contributed by atoms with van der Waals surface area (Å²) in [5.41, 5.74) is 1.98. The molecule has 0 aliphatic carbocycles. The van der Waals surface area contributed by atoms with Crippen molar-refractivity contribution in [2.45, 2.75) is 44.4 Å². The maximum absolute atomic E-state index is 13.4. The lowest BCUT2D eigenvalue weighted by atomic mass is 10.1. The number of rotatable bonds is 3.